The van der Waals surface area contributed by atoms with Crippen LogP contribution in [0.5, 0.6) is 0 Å². The van der Waals surface area contributed by atoms with E-state index in [4.69, 9.17) is 18.9 Å². The Balaban J connectivity index is 1.28. The predicted molar refractivity (Wildman–Crippen MR) is 152 cm³/mol. The lowest BCUT2D eigenvalue weighted by Crippen LogP contribution is -2.83. The molecule has 4 bridgehead atoms. The van der Waals surface area contributed by atoms with Crippen LogP contribution in [0.1, 0.15) is 59.3 Å². The first-order valence-electron chi connectivity index (χ1n) is 16.4. The number of ether oxygens (including phenoxy) is 4. The quantitative estimate of drug-likeness (QED) is 0.445. The van der Waals surface area contributed by atoms with Gasteiger partial charge in [0.15, 0.2) is 11.5 Å². The van der Waals surface area contributed by atoms with Crippen molar-refractivity contribution in [2.75, 3.05) is 40.0 Å². The lowest BCUT2D eigenvalue weighted by atomic mass is 9.33. The molecule has 8 rings (SSSR count). The number of rotatable bonds is 4. The first-order chi connectivity index (χ1) is 20.9. The van der Waals surface area contributed by atoms with Crippen LogP contribution in [-0.4, -0.2) is 97.1 Å². The van der Waals surface area contributed by atoms with Gasteiger partial charge in [-0.25, -0.2) is 4.90 Å². The monoisotopic (exact) mass is 612 g/mol. The minimum absolute atomic E-state index is 0.00514. The van der Waals surface area contributed by atoms with E-state index in [1.54, 1.807) is 6.08 Å². The molecule has 5 aliphatic heterocycles. The fourth-order valence-corrected chi connectivity index (χ4v) is 12.1. The Bertz CT molecular complexity index is 1380. The SMILES string of the molecule is COC(=O)CNCC1=CC(=O)[C@@H]2[C@@H](C1)[C@]13CO[C@@]4([C@@H]1O)N1C[C@H]5C[C@H](C)C[C@]1(CC[C@@]4(C)[C@]1(COC(=O)C1)[C@H]3C(=O)[C@@H]2C)O5. The zero-order valence-corrected chi connectivity index (χ0v) is 26.1. The molecule has 0 unspecified atom stereocenters. The summed E-state index contributed by atoms with van der Waals surface area (Å²) in [7, 11) is 1.33. The lowest BCUT2D eigenvalue weighted by Gasteiger charge is -2.72. The third-order valence-corrected chi connectivity index (χ3v) is 13.8. The van der Waals surface area contributed by atoms with Gasteiger partial charge in [-0.05, 0) is 50.0 Å². The van der Waals surface area contributed by atoms with Crippen LogP contribution in [0, 0.1) is 45.8 Å². The van der Waals surface area contributed by atoms with Crippen LogP contribution in [0.25, 0.3) is 0 Å². The molecule has 4 spiro atoms. The van der Waals surface area contributed by atoms with E-state index in [1.165, 1.54) is 7.11 Å². The Kier molecular flexibility index (Phi) is 6.12. The van der Waals surface area contributed by atoms with E-state index < -0.39 is 57.5 Å². The summed E-state index contributed by atoms with van der Waals surface area (Å²) in [4.78, 5) is 55.9. The first-order valence-corrected chi connectivity index (χ1v) is 16.4. The fourth-order valence-electron chi connectivity index (χ4n) is 12.1. The lowest BCUT2D eigenvalue weighted by molar-refractivity contribution is -0.364. The van der Waals surface area contributed by atoms with Crippen LogP contribution in [-0.2, 0) is 38.1 Å². The molecule has 3 aliphatic carbocycles. The Morgan fingerprint density at radius 3 is 2.73 bits per heavy atom. The molecule has 11 nitrogen and oxygen atoms in total. The van der Waals surface area contributed by atoms with E-state index in [2.05, 4.69) is 24.1 Å². The number of piperidine rings is 1. The van der Waals surface area contributed by atoms with E-state index in [-0.39, 0.29) is 55.7 Å². The second kappa shape index (κ2) is 9.21. The summed E-state index contributed by atoms with van der Waals surface area (Å²) in [6, 6.07) is 0. The van der Waals surface area contributed by atoms with Gasteiger partial charge in [-0.15, -0.1) is 0 Å². The van der Waals surface area contributed by atoms with Crippen LogP contribution in [0.3, 0.4) is 0 Å². The molecule has 0 aromatic carbocycles. The summed E-state index contributed by atoms with van der Waals surface area (Å²) in [5.41, 5.74) is -3.74. The highest BCUT2D eigenvalue weighted by Crippen LogP contribution is 2.80. The van der Waals surface area contributed by atoms with Gasteiger partial charge < -0.3 is 29.4 Å². The molecule has 7 fully saturated rings. The van der Waals surface area contributed by atoms with E-state index in [0.29, 0.717) is 31.8 Å². The van der Waals surface area contributed by atoms with Gasteiger partial charge in [0.05, 0.1) is 39.4 Å². The minimum Gasteiger partial charge on any atom is -0.468 e. The molecular weight excluding hydrogens is 568 g/mol. The largest absolute Gasteiger partial charge is 0.468 e. The highest BCUT2D eigenvalue weighted by molar-refractivity contribution is 6.00. The number of cyclic esters (lactones) is 1. The van der Waals surface area contributed by atoms with Crippen molar-refractivity contribution >= 4 is 23.5 Å². The van der Waals surface area contributed by atoms with Crippen molar-refractivity contribution in [3.05, 3.63) is 11.6 Å². The van der Waals surface area contributed by atoms with Gasteiger partial charge in [0.2, 0.25) is 0 Å². The number of ketones is 2. The number of aliphatic hydroxyl groups is 1. The maximum absolute atomic E-state index is 14.8. The van der Waals surface area contributed by atoms with Gasteiger partial charge in [0.25, 0.3) is 0 Å². The van der Waals surface area contributed by atoms with E-state index in [0.717, 1.165) is 24.8 Å². The number of nitrogens with zero attached hydrogens (tertiary/aromatic N) is 1. The number of methoxy groups -OCH3 is 1. The van der Waals surface area contributed by atoms with Crippen molar-refractivity contribution in [3.8, 4) is 0 Å². The van der Waals surface area contributed by atoms with E-state index in [9.17, 15) is 24.3 Å². The van der Waals surface area contributed by atoms with Crippen LogP contribution in [0.4, 0.5) is 0 Å². The van der Waals surface area contributed by atoms with Crippen molar-refractivity contribution < 1.29 is 43.2 Å². The summed E-state index contributed by atoms with van der Waals surface area (Å²) in [6.07, 6.45) is 4.22. The van der Waals surface area contributed by atoms with Crippen LogP contribution < -0.4 is 5.32 Å². The van der Waals surface area contributed by atoms with Crippen molar-refractivity contribution in [1.82, 2.24) is 10.2 Å². The van der Waals surface area contributed by atoms with Gasteiger partial charge >= 0.3 is 11.9 Å². The average molecular weight is 613 g/mol. The normalized spacial score (nSPS) is 52.2. The molecule has 2 saturated carbocycles. The summed E-state index contributed by atoms with van der Waals surface area (Å²) >= 11 is 0. The van der Waals surface area contributed by atoms with E-state index in [1.807, 2.05) is 6.92 Å². The minimum atomic E-state index is -1.20. The summed E-state index contributed by atoms with van der Waals surface area (Å²) in [5, 5.41) is 16.2. The summed E-state index contributed by atoms with van der Waals surface area (Å²) in [5.74, 6) is -2.76. The number of hydrogen-bond acceptors (Lipinski definition) is 11. The van der Waals surface area contributed by atoms with Crippen molar-refractivity contribution in [3.63, 3.8) is 0 Å². The molecule has 0 amide bonds. The smallest absolute Gasteiger partial charge is 0.319 e. The molecule has 12 atom stereocenters. The summed E-state index contributed by atoms with van der Waals surface area (Å²) in [6.45, 7) is 7.35. The third-order valence-electron chi connectivity index (χ3n) is 13.8. The maximum Gasteiger partial charge on any atom is 0.319 e. The predicted octanol–water partition coefficient (Wildman–Crippen LogP) is 1.36. The summed E-state index contributed by atoms with van der Waals surface area (Å²) < 4.78 is 24.5. The topological polar surface area (TPSA) is 141 Å². The highest BCUT2D eigenvalue weighted by atomic mass is 16.6. The van der Waals surface area contributed by atoms with Crippen molar-refractivity contribution in [2.45, 2.75) is 83.0 Å². The average Bonchev–Trinajstić information content (AvgIpc) is 3.59. The molecular formula is C33H44N2O9. The number of esters is 2. The van der Waals surface area contributed by atoms with Gasteiger partial charge in [-0.2, -0.15) is 0 Å². The van der Waals surface area contributed by atoms with Crippen LogP contribution in [0.2, 0.25) is 0 Å². The number of aliphatic hydroxyl groups excluding tert-OH is 1. The maximum atomic E-state index is 14.8. The van der Waals surface area contributed by atoms with Gasteiger partial charge in [-0.3, -0.25) is 19.2 Å². The third kappa shape index (κ3) is 3.21. The van der Waals surface area contributed by atoms with Crippen LogP contribution in [0.15, 0.2) is 11.6 Å². The molecule has 5 heterocycles. The van der Waals surface area contributed by atoms with Crippen LogP contribution >= 0.6 is 0 Å². The molecule has 5 saturated heterocycles. The van der Waals surface area contributed by atoms with Crippen molar-refractivity contribution in [2.24, 2.45) is 45.8 Å². The number of Topliss-reactive ketones (excluding diaryl/α,β-unsaturated/α-hetero) is 1. The zero-order chi connectivity index (χ0) is 31.0. The van der Waals surface area contributed by atoms with E-state index >= 15 is 0 Å². The number of nitrogens with one attached hydrogen (secondary N) is 1. The number of carbonyl (C=O) groups excluding carboxylic acids is 4. The Labute approximate surface area is 257 Å². The molecule has 0 aromatic rings. The molecule has 8 aliphatic rings. The second-order valence-corrected chi connectivity index (χ2v) is 15.5. The number of fused-ring (bicyclic) bond motifs is 4. The number of hydrogen-bond donors (Lipinski definition) is 2. The van der Waals surface area contributed by atoms with Gasteiger partial charge in [-0.1, -0.05) is 26.3 Å². The van der Waals surface area contributed by atoms with Gasteiger partial charge in [0, 0.05) is 47.1 Å². The molecule has 44 heavy (non-hydrogen) atoms. The Morgan fingerprint density at radius 1 is 1.20 bits per heavy atom. The van der Waals surface area contributed by atoms with Gasteiger partial charge in [0.1, 0.15) is 17.6 Å². The highest BCUT2D eigenvalue weighted by Gasteiger charge is 2.89. The number of carbonyl (C=O) groups is 4. The standard InChI is InChI=1S/C33H44N2O9/c1-17-7-20-14-35-31(10-17,44-20)6-5-29(3)30(11-23(37)42-15-30)27-26(39)18(2)25-21(32(27)16-43-33(29,35)28(32)40)8-19(9-22(25)36)12-34-13-24(38)41-4/h9,17-18,20-21,25,27-28,34,40H,5-8,10-16H2,1-4H3/t17-,18+,20+,21+,25-,27+,28+,29-,30+,31-,32-,33+/m0/s1. The first kappa shape index (κ1) is 29.2. The molecule has 2 N–H and O–H groups in total. The molecule has 0 aromatic heterocycles. The molecule has 0 radical (unpaired) electrons. The number of allylic oxidation sites excluding steroid dienone is 1. The fraction of sp³-hybridized carbons (Fsp3) is 0.818. The molecule has 240 valence electrons. The Hall–Kier alpha value is -2.18. The van der Waals surface area contributed by atoms with Crippen molar-refractivity contribution in [1.29, 1.82) is 0 Å². The second-order valence-electron chi connectivity index (χ2n) is 15.5. The molecule has 11 heteroatoms. The Morgan fingerprint density at radius 2 is 2.00 bits per heavy atom. The zero-order valence-electron chi connectivity index (χ0n) is 26.1.